The summed E-state index contributed by atoms with van der Waals surface area (Å²) in [7, 11) is 0. The molecule has 0 N–H and O–H groups in total. The van der Waals surface area contributed by atoms with Crippen LogP contribution in [0.4, 0.5) is 0 Å². The third-order valence-corrected chi connectivity index (χ3v) is 4.58. The van der Waals surface area contributed by atoms with Crippen molar-refractivity contribution in [1.82, 2.24) is 0 Å². The lowest BCUT2D eigenvalue weighted by molar-refractivity contribution is 0.108. The van der Waals surface area contributed by atoms with Gasteiger partial charge in [0.1, 0.15) is 21.6 Å². The van der Waals surface area contributed by atoms with E-state index >= 15 is 0 Å². The summed E-state index contributed by atoms with van der Waals surface area (Å²) < 4.78 is 10.4. The topological polar surface area (TPSA) is 77.5 Å². The fraction of sp³-hybridized carbons (Fsp3) is 0. The zero-order valence-electron chi connectivity index (χ0n) is 12.7. The molecule has 0 atom stereocenters. The summed E-state index contributed by atoms with van der Waals surface area (Å²) in [5, 5.41) is 0.765. The van der Waals surface area contributed by atoms with Gasteiger partial charge in [0.25, 0.3) is 0 Å². The predicted octanol–water partition coefficient (Wildman–Crippen LogP) is 3.83. The Morgan fingerprint density at radius 1 is 0.760 bits per heavy atom. The number of hydrogen-bond donors (Lipinski definition) is 0. The van der Waals surface area contributed by atoms with Crippen LogP contribution in [0.3, 0.4) is 0 Å². The molecule has 122 valence electrons. The molecule has 6 heteroatoms. The van der Waals surface area contributed by atoms with E-state index in [9.17, 15) is 14.4 Å². The Balaban J connectivity index is 1.75. The van der Waals surface area contributed by atoms with E-state index < -0.39 is 16.4 Å². The van der Waals surface area contributed by atoms with Gasteiger partial charge in [0, 0.05) is 10.8 Å². The van der Waals surface area contributed by atoms with Crippen molar-refractivity contribution in [2.75, 3.05) is 0 Å². The molecule has 0 aliphatic rings. The highest BCUT2D eigenvalue weighted by molar-refractivity contribution is 8.14. The van der Waals surface area contributed by atoms with Crippen LogP contribution in [0.5, 0.6) is 0 Å². The van der Waals surface area contributed by atoms with Crippen LogP contribution in [-0.2, 0) is 0 Å². The number of hydrogen-bond acceptors (Lipinski definition) is 6. The molecular weight excluding hydrogens is 340 g/mol. The summed E-state index contributed by atoms with van der Waals surface area (Å²) in [4.78, 5) is 36.7. The highest BCUT2D eigenvalue weighted by Gasteiger charge is 2.18. The maximum atomic E-state index is 12.5. The zero-order valence-corrected chi connectivity index (χ0v) is 13.5. The Labute approximate surface area is 144 Å². The molecule has 0 unspecified atom stereocenters. The van der Waals surface area contributed by atoms with Crippen molar-refractivity contribution in [3.63, 3.8) is 0 Å². The van der Waals surface area contributed by atoms with Crippen molar-refractivity contribution >= 4 is 38.8 Å². The van der Waals surface area contributed by atoms with Crippen LogP contribution in [0.1, 0.15) is 10.4 Å². The molecule has 0 saturated heterocycles. The Morgan fingerprint density at radius 3 is 2.00 bits per heavy atom. The van der Waals surface area contributed by atoms with Crippen molar-refractivity contribution in [3.05, 3.63) is 87.1 Å². The fourth-order valence-electron chi connectivity index (χ4n) is 2.47. The smallest absolute Gasteiger partial charge is 0.350 e. The summed E-state index contributed by atoms with van der Waals surface area (Å²) in [5.41, 5.74) is -0.631. The lowest BCUT2D eigenvalue weighted by atomic mass is 10.2. The third kappa shape index (κ3) is 2.88. The van der Waals surface area contributed by atoms with Crippen LogP contribution in [0.15, 0.2) is 84.0 Å². The van der Waals surface area contributed by atoms with Crippen LogP contribution in [0, 0.1) is 0 Å². The SMILES string of the molecule is O=C(Sc1cc2ccccc2oc1=O)c1cc2ccccc2oc1=O. The summed E-state index contributed by atoms with van der Waals surface area (Å²) in [6.07, 6.45) is 0. The molecule has 0 bridgehead atoms. The van der Waals surface area contributed by atoms with E-state index in [2.05, 4.69) is 0 Å². The molecule has 0 aliphatic carbocycles. The van der Waals surface area contributed by atoms with E-state index in [0.717, 1.165) is 0 Å². The van der Waals surface area contributed by atoms with E-state index in [0.29, 0.717) is 33.7 Å². The monoisotopic (exact) mass is 350 g/mol. The molecule has 2 aromatic carbocycles. The maximum Gasteiger partial charge on any atom is 0.350 e. The molecule has 4 rings (SSSR count). The summed E-state index contributed by atoms with van der Waals surface area (Å²) in [5.74, 6) is 0. The first-order chi connectivity index (χ1) is 12.1. The number of para-hydroxylation sites is 2. The largest absolute Gasteiger partial charge is 0.422 e. The van der Waals surface area contributed by atoms with E-state index in [-0.39, 0.29) is 10.5 Å². The molecule has 2 heterocycles. The van der Waals surface area contributed by atoms with Gasteiger partial charge in [-0.15, -0.1) is 0 Å². The Kier molecular flexibility index (Phi) is 3.74. The molecule has 25 heavy (non-hydrogen) atoms. The lowest BCUT2D eigenvalue weighted by Gasteiger charge is -2.02. The second kappa shape index (κ2) is 6.07. The molecule has 0 amide bonds. The molecule has 4 aromatic rings. The van der Waals surface area contributed by atoms with Crippen LogP contribution in [-0.4, -0.2) is 5.12 Å². The van der Waals surface area contributed by atoms with Gasteiger partial charge in [-0.2, -0.15) is 0 Å². The number of rotatable bonds is 2. The minimum absolute atomic E-state index is 0.115. The molecule has 0 spiro atoms. The first-order valence-electron chi connectivity index (χ1n) is 7.40. The van der Waals surface area contributed by atoms with Crippen LogP contribution >= 0.6 is 11.8 Å². The second-order valence-electron chi connectivity index (χ2n) is 5.31. The first kappa shape index (κ1) is 15.4. The quantitative estimate of drug-likeness (QED) is 0.404. The Hall–Kier alpha value is -3.12. The maximum absolute atomic E-state index is 12.5. The van der Waals surface area contributed by atoms with Gasteiger partial charge in [-0.25, -0.2) is 9.59 Å². The van der Waals surface area contributed by atoms with Crippen LogP contribution < -0.4 is 11.3 Å². The summed E-state index contributed by atoms with van der Waals surface area (Å²) >= 11 is 0.656. The van der Waals surface area contributed by atoms with E-state index in [1.54, 1.807) is 54.6 Å². The summed E-state index contributed by atoms with van der Waals surface area (Å²) in [6, 6.07) is 17.0. The number of benzene rings is 2. The summed E-state index contributed by atoms with van der Waals surface area (Å²) in [6.45, 7) is 0. The predicted molar refractivity (Wildman–Crippen MR) is 95.2 cm³/mol. The van der Waals surface area contributed by atoms with Crippen molar-refractivity contribution in [1.29, 1.82) is 0 Å². The first-order valence-corrected chi connectivity index (χ1v) is 8.21. The molecule has 0 saturated carbocycles. The molecule has 0 radical (unpaired) electrons. The number of carbonyl (C=O) groups is 1. The number of thioether (sulfide) groups is 1. The highest BCUT2D eigenvalue weighted by Crippen LogP contribution is 2.24. The van der Waals surface area contributed by atoms with E-state index in [1.807, 2.05) is 0 Å². The van der Waals surface area contributed by atoms with Gasteiger partial charge in [-0.05, 0) is 36.0 Å². The van der Waals surface area contributed by atoms with Crippen molar-refractivity contribution in [3.8, 4) is 0 Å². The standard InChI is InChI=1S/C19H10O5S/c20-17-13(9-11-5-1-3-7-14(11)23-17)19(22)25-16-10-12-6-2-4-8-15(12)24-18(16)21/h1-10H. The fourth-order valence-corrected chi connectivity index (χ4v) is 3.24. The van der Waals surface area contributed by atoms with Gasteiger partial charge in [0.2, 0.25) is 5.12 Å². The van der Waals surface area contributed by atoms with Crippen molar-refractivity contribution < 1.29 is 13.6 Å². The van der Waals surface area contributed by atoms with Gasteiger partial charge >= 0.3 is 11.3 Å². The van der Waals surface area contributed by atoms with E-state index in [4.69, 9.17) is 8.83 Å². The van der Waals surface area contributed by atoms with E-state index in [1.165, 1.54) is 6.07 Å². The number of carbonyl (C=O) groups excluding carboxylic acids is 1. The molecular formula is C19H10O5S. The van der Waals surface area contributed by atoms with Crippen molar-refractivity contribution in [2.45, 2.75) is 4.90 Å². The van der Waals surface area contributed by atoms with Gasteiger partial charge < -0.3 is 8.83 Å². The average molecular weight is 350 g/mol. The van der Waals surface area contributed by atoms with Crippen LogP contribution in [0.25, 0.3) is 21.9 Å². The molecule has 0 fully saturated rings. The lowest BCUT2D eigenvalue weighted by Crippen LogP contribution is -2.13. The minimum atomic E-state index is -0.735. The number of fused-ring (bicyclic) bond motifs is 2. The Morgan fingerprint density at radius 2 is 1.32 bits per heavy atom. The second-order valence-corrected chi connectivity index (χ2v) is 6.33. The average Bonchev–Trinajstić information content (AvgIpc) is 2.61. The van der Waals surface area contributed by atoms with Crippen LogP contribution in [0.2, 0.25) is 0 Å². The third-order valence-electron chi connectivity index (χ3n) is 3.67. The molecule has 0 aliphatic heterocycles. The molecule has 5 nitrogen and oxygen atoms in total. The van der Waals surface area contributed by atoms with Gasteiger partial charge in [-0.3, -0.25) is 4.79 Å². The highest BCUT2D eigenvalue weighted by atomic mass is 32.2. The molecule has 2 aromatic heterocycles. The van der Waals surface area contributed by atoms with Crippen molar-refractivity contribution in [2.24, 2.45) is 0 Å². The Bertz CT molecular complexity index is 1240. The zero-order chi connectivity index (χ0) is 17.4. The normalized spacial score (nSPS) is 11.0. The minimum Gasteiger partial charge on any atom is -0.422 e. The van der Waals surface area contributed by atoms with Gasteiger partial charge in [-0.1, -0.05) is 36.4 Å². The van der Waals surface area contributed by atoms with Gasteiger partial charge in [0.15, 0.2) is 0 Å². The van der Waals surface area contributed by atoms with Gasteiger partial charge in [0.05, 0.1) is 0 Å².